The Bertz CT molecular complexity index is 1130. The number of para-hydroxylation sites is 2. The van der Waals surface area contributed by atoms with Gasteiger partial charge in [-0.25, -0.2) is 17.5 Å². The minimum Gasteiger partial charge on any atom is -0.452 e. The fourth-order valence-corrected chi connectivity index (χ4v) is 3.89. The van der Waals surface area contributed by atoms with Gasteiger partial charge in [-0.3, -0.25) is 14.5 Å². The number of hydrogen-bond acceptors (Lipinski definition) is 6. The molecule has 2 aromatic carbocycles. The number of halogens is 1. The molecule has 0 bridgehead atoms. The Kier molecular flexibility index (Phi) is 6.11. The molecular formula is C19H18ClN3O6S. The smallest absolute Gasteiger partial charge is 0.340 e. The summed E-state index contributed by atoms with van der Waals surface area (Å²) in [5, 5.41) is 2.63. The van der Waals surface area contributed by atoms with Crippen LogP contribution in [0.1, 0.15) is 10.4 Å². The van der Waals surface area contributed by atoms with Gasteiger partial charge in [-0.15, -0.1) is 0 Å². The number of anilines is 2. The molecule has 1 heterocycles. The minimum absolute atomic E-state index is 0.0205. The predicted molar refractivity (Wildman–Crippen MR) is 110 cm³/mol. The summed E-state index contributed by atoms with van der Waals surface area (Å²) in [4.78, 5) is 37.9. The molecule has 0 aromatic heterocycles. The maximum Gasteiger partial charge on any atom is 0.340 e. The van der Waals surface area contributed by atoms with Crippen molar-refractivity contribution in [2.24, 2.45) is 0 Å². The lowest BCUT2D eigenvalue weighted by Gasteiger charge is -2.28. The number of amides is 2. The minimum atomic E-state index is -3.79. The highest BCUT2D eigenvalue weighted by atomic mass is 35.5. The highest BCUT2D eigenvalue weighted by Crippen LogP contribution is 2.29. The zero-order chi connectivity index (χ0) is 22.1. The molecule has 1 aliphatic heterocycles. The molecule has 0 unspecified atom stereocenters. The van der Waals surface area contributed by atoms with Crippen LogP contribution >= 0.6 is 11.6 Å². The summed E-state index contributed by atoms with van der Waals surface area (Å²) in [5.74, 6) is -1.95. The zero-order valence-corrected chi connectivity index (χ0v) is 17.7. The molecule has 0 saturated carbocycles. The van der Waals surface area contributed by atoms with E-state index in [4.69, 9.17) is 16.3 Å². The van der Waals surface area contributed by atoms with E-state index in [0.717, 1.165) is 10.4 Å². The van der Waals surface area contributed by atoms with E-state index < -0.39 is 28.5 Å². The number of carbonyl (C=O) groups excluding carboxylic acids is 3. The summed E-state index contributed by atoms with van der Waals surface area (Å²) >= 11 is 6.01. The van der Waals surface area contributed by atoms with Gasteiger partial charge in [-0.2, -0.15) is 0 Å². The van der Waals surface area contributed by atoms with Crippen LogP contribution in [0.3, 0.4) is 0 Å². The van der Waals surface area contributed by atoms with Crippen molar-refractivity contribution in [3.05, 3.63) is 53.1 Å². The van der Waals surface area contributed by atoms with Crippen LogP contribution in [0.5, 0.6) is 0 Å². The summed E-state index contributed by atoms with van der Waals surface area (Å²) in [6.07, 6.45) is 0. The predicted octanol–water partition coefficient (Wildman–Crippen LogP) is 1.73. The van der Waals surface area contributed by atoms with E-state index in [1.54, 1.807) is 24.3 Å². The van der Waals surface area contributed by atoms with Crippen molar-refractivity contribution in [2.75, 3.05) is 37.5 Å². The van der Waals surface area contributed by atoms with Crippen molar-refractivity contribution < 1.29 is 27.5 Å². The number of esters is 1. The molecule has 3 rings (SSSR count). The largest absolute Gasteiger partial charge is 0.452 e. The van der Waals surface area contributed by atoms with Crippen molar-refractivity contribution in [3.63, 3.8) is 0 Å². The number of nitrogens with one attached hydrogen (secondary N) is 1. The highest BCUT2D eigenvalue weighted by Gasteiger charge is 2.28. The van der Waals surface area contributed by atoms with E-state index in [-0.39, 0.29) is 27.9 Å². The second kappa shape index (κ2) is 8.42. The summed E-state index contributed by atoms with van der Waals surface area (Å²) in [6, 6.07) is 10.3. The maximum absolute atomic E-state index is 12.6. The molecule has 11 heteroatoms. The lowest BCUT2D eigenvalue weighted by Crippen LogP contribution is -2.44. The highest BCUT2D eigenvalue weighted by molar-refractivity contribution is 7.89. The van der Waals surface area contributed by atoms with Gasteiger partial charge in [-0.05, 0) is 30.3 Å². The molecular weight excluding hydrogens is 434 g/mol. The number of rotatable bonds is 5. The fourth-order valence-electron chi connectivity index (χ4n) is 2.77. The maximum atomic E-state index is 12.6. The standard InChI is InChI=1S/C19H18ClN3O6S/c1-22(2)30(27,28)12-7-8-14(20)13(9-12)19(26)29-11-18(25)23-10-17(24)21-15-5-3-4-6-16(15)23/h3-9H,10-11H2,1-2H3,(H,21,24). The normalized spacial score (nSPS) is 13.6. The number of carbonyl (C=O) groups is 3. The zero-order valence-electron chi connectivity index (χ0n) is 16.1. The lowest BCUT2D eigenvalue weighted by molar-refractivity contribution is -0.124. The van der Waals surface area contributed by atoms with Crippen molar-refractivity contribution in [1.29, 1.82) is 0 Å². The molecule has 0 saturated heterocycles. The SMILES string of the molecule is CN(C)S(=O)(=O)c1ccc(Cl)c(C(=O)OCC(=O)N2CC(=O)Nc3ccccc32)c1. The Morgan fingerprint density at radius 3 is 2.60 bits per heavy atom. The third kappa shape index (κ3) is 4.30. The molecule has 0 spiro atoms. The first kappa shape index (κ1) is 21.8. The van der Waals surface area contributed by atoms with Gasteiger partial charge in [0.2, 0.25) is 15.9 Å². The number of benzene rings is 2. The van der Waals surface area contributed by atoms with Crippen molar-refractivity contribution >= 4 is 50.8 Å². The molecule has 0 aliphatic carbocycles. The van der Waals surface area contributed by atoms with Gasteiger partial charge in [0.15, 0.2) is 6.61 Å². The third-order valence-corrected chi connectivity index (χ3v) is 6.48. The van der Waals surface area contributed by atoms with Crippen molar-refractivity contribution in [2.45, 2.75) is 4.90 Å². The average Bonchev–Trinajstić information content (AvgIpc) is 2.71. The molecule has 0 radical (unpaired) electrons. The van der Waals surface area contributed by atoms with Crippen LogP contribution in [0.4, 0.5) is 11.4 Å². The molecule has 30 heavy (non-hydrogen) atoms. The molecule has 2 aromatic rings. The monoisotopic (exact) mass is 451 g/mol. The Hall–Kier alpha value is -2.95. The summed E-state index contributed by atoms with van der Waals surface area (Å²) in [5.41, 5.74) is 0.762. The molecule has 9 nitrogen and oxygen atoms in total. The second-order valence-corrected chi connectivity index (χ2v) is 9.11. The van der Waals surface area contributed by atoms with Gasteiger partial charge in [0.1, 0.15) is 6.54 Å². The van der Waals surface area contributed by atoms with Gasteiger partial charge in [-0.1, -0.05) is 23.7 Å². The van der Waals surface area contributed by atoms with Gasteiger partial charge in [0, 0.05) is 14.1 Å². The van der Waals surface area contributed by atoms with Gasteiger partial charge < -0.3 is 10.1 Å². The van der Waals surface area contributed by atoms with E-state index in [0.29, 0.717) is 11.4 Å². The van der Waals surface area contributed by atoms with Crippen LogP contribution in [-0.2, 0) is 24.3 Å². The van der Waals surface area contributed by atoms with Gasteiger partial charge in [0.25, 0.3) is 5.91 Å². The number of fused-ring (bicyclic) bond motifs is 1. The Balaban J connectivity index is 1.77. The van der Waals surface area contributed by atoms with E-state index in [1.807, 2.05) is 0 Å². The van der Waals surface area contributed by atoms with Crippen molar-refractivity contribution in [1.82, 2.24) is 4.31 Å². The summed E-state index contributed by atoms with van der Waals surface area (Å²) < 4.78 is 30.6. The van der Waals surface area contributed by atoms with Gasteiger partial charge in [0.05, 0.1) is 26.9 Å². The summed E-state index contributed by atoms with van der Waals surface area (Å²) in [7, 11) is -1.08. The van der Waals surface area contributed by atoms with Crippen LogP contribution in [0.15, 0.2) is 47.4 Å². The van der Waals surface area contributed by atoms with E-state index in [1.165, 1.54) is 31.1 Å². The molecule has 1 aliphatic rings. The quantitative estimate of drug-likeness (QED) is 0.693. The molecule has 0 atom stereocenters. The third-order valence-electron chi connectivity index (χ3n) is 4.33. The van der Waals surface area contributed by atoms with Crippen LogP contribution in [-0.4, -0.2) is 57.8 Å². The average molecular weight is 452 g/mol. The Labute approximate surface area is 178 Å². The number of sulfonamides is 1. The first-order valence-corrected chi connectivity index (χ1v) is 10.5. The molecule has 158 valence electrons. The first-order valence-electron chi connectivity index (χ1n) is 8.69. The van der Waals surface area contributed by atoms with Crippen LogP contribution in [0.2, 0.25) is 5.02 Å². The van der Waals surface area contributed by atoms with Crippen LogP contribution in [0, 0.1) is 0 Å². The summed E-state index contributed by atoms with van der Waals surface area (Å²) in [6.45, 7) is -0.869. The fraction of sp³-hybridized carbons (Fsp3) is 0.211. The van der Waals surface area contributed by atoms with Crippen LogP contribution in [0.25, 0.3) is 0 Å². The Morgan fingerprint density at radius 2 is 1.90 bits per heavy atom. The van der Waals surface area contributed by atoms with E-state index in [9.17, 15) is 22.8 Å². The topological polar surface area (TPSA) is 113 Å². The van der Waals surface area contributed by atoms with Crippen LogP contribution < -0.4 is 10.2 Å². The molecule has 0 fully saturated rings. The number of nitrogens with zero attached hydrogens (tertiary/aromatic N) is 2. The lowest BCUT2D eigenvalue weighted by atomic mass is 10.2. The van der Waals surface area contributed by atoms with E-state index in [2.05, 4.69) is 5.32 Å². The first-order chi connectivity index (χ1) is 14.1. The van der Waals surface area contributed by atoms with E-state index >= 15 is 0 Å². The molecule has 1 N–H and O–H groups in total. The van der Waals surface area contributed by atoms with Gasteiger partial charge >= 0.3 is 5.97 Å². The number of ether oxygens (including phenoxy) is 1. The second-order valence-electron chi connectivity index (χ2n) is 6.55. The van der Waals surface area contributed by atoms with Crippen molar-refractivity contribution in [3.8, 4) is 0 Å². The number of hydrogen-bond donors (Lipinski definition) is 1. The Morgan fingerprint density at radius 1 is 1.20 bits per heavy atom. The molecule has 2 amide bonds.